The molecule has 1 atom stereocenters. The third kappa shape index (κ3) is 3.20. The second-order valence-electron chi connectivity index (χ2n) is 5.01. The zero-order valence-electron chi connectivity index (χ0n) is 13.0. The van der Waals surface area contributed by atoms with Crippen LogP contribution >= 0.6 is 11.3 Å². The van der Waals surface area contributed by atoms with E-state index in [4.69, 9.17) is 4.74 Å². The van der Waals surface area contributed by atoms with E-state index in [1.54, 1.807) is 13.3 Å². The minimum Gasteiger partial charge on any atom is -0.497 e. The van der Waals surface area contributed by atoms with E-state index >= 15 is 0 Å². The second kappa shape index (κ2) is 6.67. The second-order valence-corrected chi connectivity index (χ2v) is 6.02. The number of nitro groups is 1. The molecule has 1 aromatic carbocycles. The minimum atomic E-state index is -0.452. The molecule has 1 N–H and O–H groups in total. The topological polar surface area (TPSA) is 95.1 Å². The number of anilines is 1. The lowest BCUT2D eigenvalue weighted by Crippen LogP contribution is -2.16. The van der Waals surface area contributed by atoms with Crippen molar-refractivity contribution in [2.45, 2.75) is 6.04 Å². The van der Waals surface area contributed by atoms with Crippen LogP contribution in [0.25, 0.3) is 0 Å². The molecular formula is C15H15N5O3S. The summed E-state index contributed by atoms with van der Waals surface area (Å²) in [6.45, 7) is 0. The van der Waals surface area contributed by atoms with E-state index < -0.39 is 4.92 Å². The third-order valence-electron chi connectivity index (χ3n) is 3.51. The lowest BCUT2D eigenvalue weighted by Gasteiger charge is -2.18. The van der Waals surface area contributed by atoms with Gasteiger partial charge in [0.25, 0.3) is 0 Å². The molecule has 0 unspecified atom stereocenters. The normalized spacial score (nSPS) is 11.9. The Kier molecular flexibility index (Phi) is 4.43. The van der Waals surface area contributed by atoms with Crippen LogP contribution in [0.5, 0.6) is 5.75 Å². The number of thiazole rings is 1. The Balaban J connectivity index is 1.95. The number of benzene rings is 1. The molecule has 0 aliphatic carbocycles. The lowest BCUT2D eigenvalue weighted by molar-refractivity contribution is -0.380. The van der Waals surface area contributed by atoms with Crippen LogP contribution in [0, 0.1) is 10.1 Å². The standard InChI is InChI=1S/C15H15N5O3S/c1-19-8-7-16-14(19)13(10-3-5-11(23-2)6-4-10)18-15-17-9-12(24-15)20(21)22/h3-9,13H,1-2H3,(H,17,18)/t13-/m1/s1. The largest absolute Gasteiger partial charge is 0.497 e. The zero-order chi connectivity index (χ0) is 17.1. The van der Waals surface area contributed by atoms with Gasteiger partial charge in [0.05, 0.1) is 12.0 Å². The van der Waals surface area contributed by atoms with Crippen LogP contribution in [0.2, 0.25) is 0 Å². The number of ether oxygens (including phenoxy) is 1. The molecule has 3 aromatic rings. The number of hydrogen-bond donors (Lipinski definition) is 1. The van der Waals surface area contributed by atoms with Gasteiger partial charge in [-0.2, -0.15) is 0 Å². The Bertz CT molecular complexity index is 843. The van der Waals surface area contributed by atoms with Gasteiger partial charge in [-0.05, 0) is 29.0 Å². The highest BCUT2D eigenvalue weighted by molar-refractivity contribution is 7.18. The maximum Gasteiger partial charge on any atom is 0.345 e. The highest BCUT2D eigenvalue weighted by atomic mass is 32.1. The predicted octanol–water partition coefficient (Wildman–Crippen LogP) is 2.99. The molecule has 2 aromatic heterocycles. The van der Waals surface area contributed by atoms with Crippen LogP contribution in [0.4, 0.5) is 10.1 Å². The Hall–Kier alpha value is -2.94. The Morgan fingerprint density at radius 1 is 1.33 bits per heavy atom. The first-order valence-corrected chi connectivity index (χ1v) is 7.88. The van der Waals surface area contributed by atoms with E-state index in [1.807, 2.05) is 42.1 Å². The van der Waals surface area contributed by atoms with E-state index in [0.717, 1.165) is 28.5 Å². The van der Waals surface area contributed by atoms with Gasteiger partial charge in [0.15, 0.2) is 5.13 Å². The Morgan fingerprint density at radius 3 is 2.62 bits per heavy atom. The summed E-state index contributed by atoms with van der Waals surface area (Å²) in [6, 6.07) is 7.27. The summed E-state index contributed by atoms with van der Waals surface area (Å²) >= 11 is 0.992. The number of nitrogens with zero attached hydrogens (tertiary/aromatic N) is 4. The van der Waals surface area contributed by atoms with Crippen molar-refractivity contribution < 1.29 is 9.66 Å². The van der Waals surface area contributed by atoms with Crippen LogP contribution in [-0.2, 0) is 7.05 Å². The van der Waals surface area contributed by atoms with Crippen molar-refractivity contribution in [1.29, 1.82) is 0 Å². The summed E-state index contributed by atoms with van der Waals surface area (Å²) in [6.07, 6.45) is 4.80. The van der Waals surface area contributed by atoms with Gasteiger partial charge < -0.3 is 14.6 Å². The van der Waals surface area contributed by atoms with Gasteiger partial charge in [0.2, 0.25) is 0 Å². The van der Waals surface area contributed by atoms with Gasteiger partial charge in [-0.1, -0.05) is 12.1 Å². The van der Waals surface area contributed by atoms with Crippen molar-refractivity contribution in [3.05, 3.63) is 64.4 Å². The smallest absolute Gasteiger partial charge is 0.345 e. The molecule has 3 rings (SSSR count). The zero-order valence-corrected chi connectivity index (χ0v) is 13.9. The third-order valence-corrected chi connectivity index (χ3v) is 4.39. The molecule has 9 heteroatoms. The molecular weight excluding hydrogens is 330 g/mol. The number of nitrogens with one attached hydrogen (secondary N) is 1. The van der Waals surface area contributed by atoms with E-state index in [1.165, 1.54) is 6.20 Å². The number of hydrogen-bond acceptors (Lipinski definition) is 7. The van der Waals surface area contributed by atoms with Gasteiger partial charge in [-0.15, -0.1) is 0 Å². The number of aryl methyl sites for hydroxylation is 1. The van der Waals surface area contributed by atoms with Gasteiger partial charge >= 0.3 is 5.00 Å². The molecule has 0 bridgehead atoms. The van der Waals surface area contributed by atoms with Crippen LogP contribution in [0.15, 0.2) is 42.9 Å². The van der Waals surface area contributed by atoms with Gasteiger partial charge in [0, 0.05) is 19.4 Å². The molecule has 0 spiro atoms. The maximum atomic E-state index is 10.8. The lowest BCUT2D eigenvalue weighted by atomic mass is 10.1. The molecule has 24 heavy (non-hydrogen) atoms. The average molecular weight is 345 g/mol. The number of rotatable bonds is 6. The first-order chi connectivity index (χ1) is 11.6. The minimum absolute atomic E-state index is 0.00850. The molecule has 2 heterocycles. The molecule has 0 radical (unpaired) electrons. The van der Waals surface area contributed by atoms with Crippen LogP contribution in [0.3, 0.4) is 0 Å². The van der Waals surface area contributed by atoms with Crippen molar-refractivity contribution in [3.8, 4) is 5.75 Å². The maximum absolute atomic E-state index is 10.8. The quantitative estimate of drug-likeness (QED) is 0.545. The molecule has 0 saturated carbocycles. The SMILES string of the molecule is COc1ccc([C@@H](Nc2ncc([N+](=O)[O-])s2)c2nccn2C)cc1. The highest BCUT2D eigenvalue weighted by Crippen LogP contribution is 2.31. The summed E-state index contributed by atoms with van der Waals surface area (Å²) in [4.78, 5) is 18.9. The van der Waals surface area contributed by atoms with Crippen LogP contribution in [0.1, 0.15) is 17.4 Å². The van der Waals surface area contributed by atoms with E-state index in [-0.39, 0.29) is 11.0 Å². The van der Waals surface area contributed by atoms with Crippen molar-refractivity contribution >= 4 is 21.5 Å². The molecule has 8 nitrogen and oxygen atoms in total. The Labute approximate surface area is 141 Å². The molecule has 0 aliphatic heterocycles. The molecule has 0 aliphatic rings. The molecule has 124 valence electrons. The number of imidazole rings is 1. The summed E-state index contributed by atoms with van der Waals surface area (Å²) < 4.78 is 7.08. The first kappa shape index (κ1) is 15.9. The fourth-order valence-corrected chi connectivity index (χ4v) is 2.95. The van der Waals surface area contributed by atoms with Crippen LogP contribution in [-0.4, -0.2) is 26.6 Å². The van der Waals surface area contributed by atoms with Gasteiger partial charge in [-0.3, -0.25) is 10.1 Å². The molecule has 0 saturated heterocycles. The summed E-state index contributed by atoms with van der Waals surface area (Å²) in [5.74, 6) is 1.53. The number of aromatic nitrogens is 3. The monoisotopic (exact) mass is 345 g/mol. The van der Waals surface area contributed by atoms with E-state index in [9.17, 15) is 10.1 Å². The fraction of sp³-hybridized carbons (Fsp3) is 0.200. The summed E-state index contributed by atoms with van der Waals surface area (Å²) in [7, 11) is 3.50. The predicted molar refractivity (Wildman–Crippen MR) is 90.4 cm³/mol. The summed E-state index contributed by atoms with van der Waals surface area (Å²) in [5, 5.41) is 14.5. The van der Waals surface area contributed by atoms with Crippen molar-refractivity contribution in [3.63, 3.8) is 0 Å². The summed E-state index contributed by atoms with van der Waals surface area (Å²) in [5.41, 5.74) is 0.947. The fourth-order valence-electron chi connectivity index (χ4n) is 2.29. The molecule has 0 amide bonds. The average Bonchev–Trinajstić information content (AvgIpc) is 3.22. The van der Waals surface area contributed by atoms with Gasteiger partial charge in [-0.25, -0.2) is 9.97 Å². The first-order valence-electron chi connectivity index (χ1n) is 7.06. The van der Waals surface area contributed by atoms with E-state index in [0.29, 0.717) is 5.13 Å². The Morgan fingerprint density at radius 2 is 2.08 bits per heavy atom. The van der Waals surface area contributed by atoms with Gasteiger partial charge in [0.1, 0.15) is 23.8 Å². The van der Waals surface area contributed by atoms with Crippen molar-refractivity contribution in [2.24, 2.45) is 7.05 Å². The van der Waals surface area contributed by atoms with Crippen molar-refractivity contribution in [2.75, 3.05) is 12.4 Å². The number of methoxy groups -OCH3 is 1. The molecule has 0 fully saturated rings. The highest BCUT2D eigenvalue weighted by Gasteiger charge is 2.21. The van der Waals surface area contributed by atoms with Crippen molar-refractivity contribution in [1.82, 2.24) is 14.5 Å². The van der Waals surface area contributed by atoms with Crippen LogP contribution < -0.4 is 10.1 Å². The van der Waals surface area contributed by atoms with E-state index in [2.05, 4.69) is 15.3 Å².